The van der Waals surface area contributed by atoms with Gasteiger partial charge in [0.2, 0.25) is 0 Å². The molecule has 0 aromatic heterocycles. The lowest BCUT2D eigenvalue weighted by molar-refractivity contribution is -0.150. The molecule has 1 unspecified atom stereocenters. The smallest absolute Gasteiger partial charge is 0.306 e. The number of carbonyl (C=O) groups excluding carboxylic acids is 4. The third-order valence-corrected chi connectivity index (χ3v) is 12.4. The molecule has 0 bridgehead atoms. The van der Waals surface area contributed by atoms with E-state index in [9.17, 15) is 19.2 Å². The zero-order valence-electron chi connectivity index (χ0n) is 45.5. The number of likely N-dealkylation sites (tertiary alicyclic amines) is 1. The highest BCUT2D eigenvalue weighted by Crippen LogP contribution is 2.19. The Kier molecular flexibility index (Phi) is 56.3. The lowest BCUT2D eigenvalue weighted by atomic mass is 10.0. The predicted octanol–water partition coefficient (Wildman–Crippen LogP) is 16.3. The van der Waals surface area contributed by atoms with Gasteiger partial charge in [0.25, 0.3) is 6.47 Å². The number of ether oxygens (including phenoxy) is 4. The molecule has 68 heavy (non-hydrogen) atoms. The van der Waals surface area contributed by atoms with E-state index in [1.165, 1.54) is 128 Å². The Morgan fingerprint density at radius 2 is 1.03 bits per heavy atom. The third kappa shape index (κ3) is 52.6. The van der Waals surface area contributed by atoms with E-state index in [4.69, 9.17) is 14.2 Å². The van der Waals surface area contributed by atoms with E-state index in [1.807, 2.05) is 19.2 Å². The van der Waals surface area contributed by atoms with Crippen LogP contribution in [-0.4, -0.2) is 80.6 Å². The molecular weight excluding hydrogens is 853 g/mol. The van der Waals surface area contributed by atoms with Crippen molar-refractivity contribution in [2.45, 2.75) is 298 Å². The molecule has 10 nitrogen and oxygen atoms in total. The molecular formula is C58H110N2O8. The average Bonchev–Trinajstić information content (AvgIpc) is 3.78. The van der Waals surface area contributed by atoms with E-state index >= 15 is 0 Å². The van der Waals surface area contributed by atoms with Crippen LogP contribution in [-0.2, 0) is 38.1 Å². The van der Waals surface area contributed by atoms with Crippen LogP contribution in [0.5, 0.6) is 0 Å². The van der Waals surface area contributed by atoms with Crippen LogP contribution in [0.15, 0.2) is 17.3 Å². The molecule has 0 aliphatic carbocycles. The first kappa shape index (κ1) is 67.3. The van der Waals surface area contributed by atoms with Gasteiger partial charge < -0.3 is 18.9 Å². The monoisotopic (exact) mass is 963 g/mol. The number of allylic oxidation sites excluding steroid dienone is 1. The summed E-state index contributed by atoms with van der Waals surface area (Å²) in [5, 5.41) is 0. The average molecular weight is 964 g/mol. The highest BCUT2D eigenvalue weighted by molar-refractivity contribution is 5.70. The van der Waals surface area contributed by atoms with Gasteiger partial charge in [-0.15, -0.1) is 0 Å². The van der Waals surface area contributed by atoms with Crippen LogP contribution in [0.1, 0.15) is 286 Å². The number of hydrogen-bond acceptors (Lipinski definition) is 10. The maximum Gasteiger partial charge on any atom is 0.306 e. The highest BCUT2D eigenvalue weighted by atomic mass is 16.5. The fraction of sp³-hybridized carbons (Fsp3) is 0.879. The van der Waals surface area contributed by atoms with E-state index < -0.39 is 0 Å². The van der Waals surface area contributed by atoms with Gasteiger partial charge in [0.05, 0.1) is 13.2 Å². The maximum absolute atomic E-state index is 12.3. The Bertz CT molecular complexity index is 1130. The SMILES string of the molecule is C/C=C\N=CCC.CCCCCCCCC(CCCCCCCC)OC(=O)CCCCCCCOC=O.CCCCCCCCCCCOC(=O)CCCCCN1CCC(OC(=O)CCCC)C1. The summed E-state index contributed by atoms with van der Waals surface area (Å²) in [4.78, 5) is 52.2. The Morgan fingerprint density at radius 1 is 0.559 bits per heavy atom. The number of rotatable bonds is 46. The predicted molar refractivity (Wildman–Crippen MR) is 286 cm³/mol. The fourth-order valence-electron chi connectivity index (χ4n) is 8.21. The molecule has 1 heterocycles. The Labute approximate surface area is 420 Å². The molecule has 0 N–H and O–H groups in total. The van der Waals surface area contributed by atoms with Gasteiger partial charge in [-0.3, -0.25) is 29.1 Å². The molecule has 0 amide bonds. The fourth-order valence-corrected chi connectivity index (χ4v) is 8.21. The minimum Gasteiger partial charge on any atom is -0.468 e. The summed E-state index contributed by atoms with van der Waals surface area (Å²) in [6, 6.07) is 0. The van der Waals surface area contributed by atoms with E-state index in [0.29, 0.717) is 38.9 Å². The zero-order chi connectivity index (χ0) is 50.2. The summed E-state index contributed by atoms with van der Waals surface area (Å²) in [6.07, 6.45) is 48.3. The molecule has 1 fully saturated rings. The number of unbranched alkanes of at least 4 members (excludes halogenated alkanes) is 25. The summed E-state index contributed by atoms with van der Waals surface area (Å²) in [6.45, 7) is 17.3. The van der Waals surface area contributed by atoms with Crippen LogP contribution >= 0.6 is 0 Å². The summed E-state index contributed by atoms with van der Waals surface area (Å²) in [7, 11) is 0. The number of carbonyl (C=O) groups is 4. The van der Waals surface area contributed by atoms with Crippen molar-refractivity contribution in [3.05, 3.63) is 12.3 Å². The summed E-state index contributed by atoms with van der Waals surface area (Å²) < 4.78 is 21.5. The second-order valence-electron chi connectivity index (χ2n) is 19.1. The molecule has 1 rings (SSSR count). The first-order valence-electron chi connectivity index (χ1n) is 28.8. The third-order valence-electron chi connectivity index (χ3n) is 12.4. The Hall–Kier alpha value is -2.75. The van der Waals surface area contributed by atoms with Crippen LogP contribution in [0, 0.1) is 0 Å². The summed E-state index contributed by atoms with van der Waals surface area (Å²) >= 11 is 0. The van der Waals surface area contributed by atoms with Crippen molar-refractivity contribution < 1.29 is 38.1 Å². The van der Waals surface area contributed by atoms with E-state index in [0.717, 1.165) is 116 Å². The van der Waals surface area contributed by atoms with Gasteiger partial charge in [0.15, 0.2) is 0 Å². The number of aliphatic imine (C=N–C) groups is 1. The molecule has 400 valence electrons. The molecule has 1 atom stereocenters. The van der Waals surface area contributed by atoms with Gasteiger partial charge in [-0.1, -0.05) is 188 Å². The standard InChI is InChI=1S/C26H49NO4.C26H50O4.C6H11N/c1-3-5-7-8-9-10-11-12-16-22-30-25(28)18-14-13-15-20-27-21-19-24(23-27)31-26(29)17-6-4-2;1-3-5-7-9-12-16-20-25(21-17-13-10-8-6-4-2)30-26(28)22-18-14-11-15-19-23-29-24-27;1-3-5-7-6-4-2/h24H,3-23H2,1-2H3;24-25H,3-23H2,1-2H3;3,5-6H,4H2,1-2H3/b;;5-3-,7-6?. The largest absolute Gasteiger partial charge is 0.468 e. The zero-order valence-corrected chi connectivity index (χ0v) is 45.5. The molecule has 1 saturated heterocycles. The molecule has 10 heteroatoms. The van der Waals surface area contributed by atoms with Crippen molar-refractivity contribution in [2.24, 2.45) is 4.99 Å². The van der Waals surface area contributed by atoms with E-state index in [-0.39, 0.29) is 30.1 Å². The van der Waals surface area contributed by atoms with Crippen LogP contribution in [0.3, 0.4) is 0 Å². The lowest BCUT2D eigenvalue weighted by Gasteiger charge is -2.18. The Morgan fingerprint density at radius 3 is 1.56 bits per heavy atom. The van der Waals surface area contributed by atoms with Crippen molar-refractivity contribution in [2.75, 3.05) is 32.8 Å². The van der Waals surface area contributed by atoms with Crippen LogP contribution < -0.4 is 0 Å². The van der Waals surface area contributed by atoms with Crippen molar-refractivity contribution >= 4 is 30.6 Å². The molecule has 1 aliphatic heterocycles. The summed E-state index contributed by atoms with van der Waals surface area (Å²) in [5.74, 6) is -0.101. The van der Waals surface area contributed by atoms with Crippen molar-refractivity contribution in [3.63, 3.8) is 0 Å². The maximum atomic E-state index is 12.3. The first-order chi connectivity index (χ1) is 33.3. The van der Waals surface area contributed by atoms with Gasteiger partial charge >= 0.3 is 17.9 Å². The van der Waals surface area contributed by atoms with Gasteiger partial charge in [-0.25, -0.2) is 0 Å². The number of hydrogen-bond donors (Lipinski definition) is 0. The van der Waals surface area contributed by atoms with Gasteiger partial charge in [0.1, 0.15) is 12.2 Å². The minimum absolute atomic E-state index is 0.0127. The van der Waals surface area contributed by atoms with Crippen molar-refractivity contribution in [1.82, 2.24) is 4.90 Å². The summed E-state index contributed by atoms with van der Waals surface area (Å²) in [5.41, 5.74) is 0. The van der Waals surface area contributed by atoms with Crippen LogP contribution in [0.4, 0.5) is 0 Å². The first-order valence-corrected chi connectivity index (χ1v) is 28.8. The second kappa shape index (κ2) is 56.8. The van der Waals surface area contributed by atoms with Crippen LogP contribution in [0.25, 0.3) is 0 Å². The quantitative estimate of drug-likeness (QED) is 0.0193. The molecule has 0 aromatic rings. The molecule has 0 radical (unpaired) electrons. The lowest BCUT2D eigenvalue weighted by Crippen LogP contribution is -2.25. The van der Waals surface area contributed by atoms with Gasteiger partial charge in [-0.2, -0.15) is 0 Å². The molecule has 1 aliphatic rings. The number of esters is 3. The second-order valence-corrected chi connectivity index (χ2v) is 19.1. The van der Waals surface area contributed by atoms with Crippen molar-refractivity contribution in [3.8, 4) is 0 Å². The highest BCUT2D eigenvalue weighted by Gasteiger charge is 2.25. The van der Waals surface area contributed by atoms with E-state index in [1.54, 1.807) is 6.20 Å². The Balaban J connectivity index is 0. The topological polar surface area (TPSA) is 121 Å². The molecule has 0 spiro atoms. The minimum atomic E-state index is -0.0466. The molecule has 0 saturated carbocycles. The normalized spacial score (nSPS) is 13.6. The molecule has 0 aromatic carbocycles. The van der Waals surface area contributed by atoms with Gasteiger partial charge in [-0.05, 0) is 90.5 Å². The van der Waals surface area contributed by atoms with Crippen molar-refractivity contribution in [1.29, 1.82) is 0 Å². The number of nitrogens with zero attached hydrogens (tertiary/aromatic N) is 2. The van der Waals surface area contributed by atoms with E-state index in [2.05, 4.69) is 49.2 Å². The van der Waals surface area contributed by atoms with Gasteiger partial charge in [0, 0.05) is 44.8 Å². The van der Waals surface area contributed by atoms with Crippen LogP contribution in [0.2, 0.25) is 0 Å².